The second-order valence-corrected chi connectivity index (χ2v) is 9.09. The summed E-state index contributed by atoms with van der Waals surface area (Å²) in [7, 11) is 1.87. The summed E-state index contributed by atoms with van der Waals surface area (Å²) in [6.45, 7) is 7.64. The summed E-state index contributed by atoms with van der Waals surface area (Å²) >= 11 is 0. The van der Waals surface area contributed by atoms with Crippen LogP contribution in [0.15, 0.2) is 60.7 Å². The van der Waals surface area contributed by atoms with Gasteiger partial charge in [-0.1, -0.05) is 36.4 Å². The average Bonchev–Trinajstić information content (AvgIpc) is 3.08. The monoisotopic (exact) mass is 454 g/mol. The molecule has 174 valence electrons. The molecule has 0 spiro atoms. The summed E-state index contributed by atoms with van der Waals surface area (Å²) in [6.07, 6.45) is 0. The van der Waals surface area contributed by atoms with E-state index in [1.54, 1.807) is 0 Å². The van der Waals surface area contributed by atoms with Gasteiger partial charge in [-0.25, -0.2) is 9.78 Å². The van der Waals surface area contributed by atoms with E-state index in [4.69, 9.17) is 4.74 Å². The number of imidazole rings is 1. The Bertz CT molecular complexity index is 1350. The van der Waals surface area contributed by atoms with Gasteiger partial charge >= 0.3 is 6.03 Å². The molecular formula is C28H30N4O2. The van der Waals surface area contributed by atoms with Crippen LogP contribution in [0.5, 0.6) is 5.75 Å². The molecule has 6 heteroatoms. The van der Waals surface area contributed by atoms with Crippen molar-refractivity contribution in [2.24, 2.45) is 0 Å². The van der Waals surface area contributed by atoms with Crippen molar-refractivity contribution in [1.82, 2.24) is 19.8 Å². The lowest BCUT2D eigenvalue weighted by Gasteiger charge is -2.31. The number of benzene rings is 3. The Morgan fingerprint density at radius 3 is 2.68 bits per heavy atom. The standard InChI is InChI=1S/C28H30N4O2/c1-18-14-23(22-10-11-25-26(16-22)30-20(3)29-25)15-24-17-32(12-13-34-27(18)24)28(33)31(4)19(2)21-8-6-5-7-9-21/h5-11,14-16,19H,12-13,17H2,1-4H3,(H,29,30)/t19-/m1/s1. The number of aryl methyl sites for hydroxylation is 2. The number of hydrogen-bond donors (Lipinski definition) is 1. The molecule has 0 aliphatic carbocycles. The number of nitrogens with zero attached hydrogens (tertiary/aromatic N) is 3. The number of fused-ring (bicyclic) bond motifs is 2. The molecule has 0 unspecified atom stereocenters. The largest absolute Gasteiger partial charge is 0.491 e. The molecule has 1 aromatic heterocycles. The van der Waals surface area contributed by atoms with E-state index < -0.39 is 0 Å². The molecule has 6 nitrogen and oxygen atoms in total. The summed E-state index contributed by atoms with van der Waals surface area (Å²) < 4.78 is 6.12. The van der Waals surface area contributed by atoms with Crippen LogP contribution in [0.2, 0.25) is 0 Å². The molecule has 34 heavy (non-hydrogen) atoms. The fourth-order valence-corrected chi connectivity index (χ4v) is 4.70. The van der Waals surface area contributed by atoms with Crippen molar-refractivity contribution in [2.75, 3.05) is 20.2 Å². The topological polar surface area (TPSA) is 61.5 Å². The normalized spacial score (nSPS) is 14.3. The van der Waals surface area contributed by atoms with Crippen molar-refractivity contribution < 1.29 is 9.53 Å². The van der Waals surface area contributed by atoms with Crippen LogP contribution in [-0.2, 0) is 6.54 Å². The molecule has 0 fully saturated rings. The van der Waals surface area contributed by atoms with Crippen LogP contribution in [0, 0.1) is 13.8 Å². The van der Waals surface area contributed by atoms with Gasteiger partial charge < -0.3 is 19.5 Å². The lowest BCUT2D eigenvalue weighted by molar-refractivity contribution is 0.142. The first-order valence-electron chi connectivity index (χ1n) is 11.7. The highest BCUT2D eigenvalue weighted by Crippen LogP contribution is 2.34. The predicted octanol–water partition coefficient (Wildman–Crippen LogP) is 5.85. The Morgan fingerprint density at radius 1 is 1.09 bits per heavy atom. The van der Waals surface area contributed by atoms with Gasteiger partial charge in [0.25, 0.3) is 0 Å². The fourth-order valence-electron chi connectivity index (χ4n) is 4.70. The Labute approximate surface area is 200 Å². The second kappa shape index (κ2) is 8.86. The number of nitrogens with one attached hydrogen (secondary N) is 1. The maximum absolute atomic E-state index is 13.4. The van der Waals surface area contributed by atoms with E-state index >= 15 is 0 Å². The first-order chi connectivity index (χ1) is 16.4. The number of hydrogen-bond acceptors (Lipinski definition) is 3. The molecule has 0 saturated heterocycles. The van der Waals surface area contributed by atoms with E-state index in [9.17, 15) is 4.79 Å². The molecule has 1 N–H and O–H groups in total. The summed E-state index contributed by atoms with van der Waals surface area (Å²) in [5.74, 6) is 1.79. The van der Waals surface area contributed by atoms with Crippen LogP contribution in [0.3, 0.4) is 0 Å². The zero-order valence-electron chi connectivity index (χ0n) is 20.1. The summed E-state index contributed by atoms with van der Waals surface area (Å²) in [5.41, 5.74) is 7.42. The van der Waals surface area contributed by atoms with Crippen molar-refractivity contribution in [3.63, 3.8) is 0 Å². The molecular weight excluding hydrogens is 424 g/mol. The number of aromatic amines is 1. The number of carbonyl (C=O) groups is 1. The van der Waals surface area contributed by atoms with Crippen molar-refractivity contribution in [3.05, 3.63) is 83.2 Å². The van der Waals surface area contributed by atoms with E-state index in [1.807, 2.05) is 48.0 Å². The average molecular weight is 455 g/mol. The maximum Gasteiger partial charge on any atom is 0.320 e. The molecule has 4 aromatic rings. The fraction of sp³-hybridized carbons (Fsp3) is 0.286. The van der Waals surface area contributed by atoms with E-state index in [2.05, 4.69) is 60.2 Å². The third-order valence-corrected chi connectivity index (χ3v) is 6.69. The zero-order valence-corrected chi connectivity index (χ0v) is 20.1. The molecule has 0 bridgehead atoms. The maximum atomic E-state index is 13.4. The number of carbonyl (C=O) groups excluding carboxylic acids is 1. The summed E-state index contributed by atoms with van der Waals surface area (Å²) in [4.78, 5) is 25.0. The van der Waals surface area contributed by atoms with Gasteiger partial charge in [-0.3, -0.25) is 0 Å². The van der Waals surface area contributed by atoms with E-state index in [-0.39, 0.29) is 12.1 Å². The lowest BCUT2D eigenvalue weighted by atomic mass is 9.98. The number of amides is 2. The molecule has 1 atom stereocenters. The minimum Gasteiger partial charge on any atom is -0.491 e. The number of ether oxygens (including phenoxy) is 1. The van der Waals surface area contributed by atoms with Gasteiger partial charge in [-0.15, -0.1) is 0 Å². The van der Waals surface area contributed by atoms with Crippen LogP contribution in [-0.4, -0.2) is 46.0 Å². The first kappa shape index (κ1) is 22.0. The smallest absolute Gasteiger partial charge is 0.320 e. The summed E-state index contributed by atoms with van der Waals surface area (Å²) in [5, 5.41) is 0. The quantitative estimate of drug-likeness (QED) is 0.422. The highest BCUT2D eigenvalue weighted by molar-refractivity contribution is 5.82. The minimum absolute atomic E-state index is 0.00483. The van der Waals surface area contributed by atoms with E-state index in [0.717, 1.165) is 50.4 Å². The third-order valence-electron chi connectivity index (χ3n) is 6.69. The molecule has 1 aliphatic rings. The van der Waals surface area contributed by atoms with Gasteiger partial charge in [-0.05, 0) is 67.3 Å². The van der Waals surface area contributed by atoms with Crippen LogP contribution in [0.4, 0.5) is 4.79 Å². The Kier molecular flexibility index (Phi) is 5.74. The number of urea groups is 1. The molecule has 1 aliphatic heterocycles. The van der Waals surface area contributed by atoms with Gasteiger partial charge in [0, 0.05) is 12.6 Å². The zero-order chi connectivity index (χ0) is 23.8. The third kappa shape index (κ3) is 4.12. The molecule has 0 saturated carbocycles. The van der Waals surface area contributed by atoms with E-state index in [0.29, 0.717) is 19.7 Å². The minimum atomic E-state index is -0.0185. The molecule has 5 rings (SSSR count). The van der Waals surface area contributed by atoms with Gasteiger partial charge in [0.1, 0.15) is 18.2 Å². The van der Waals surface area contributed by atoms with Gasteiger partial charge in [0.05, 0.1) is 30.2 Å². The Morgan fingerprint density at radius 2 is 1.88 bits per heavy atom. The van der Waals surface area contributed by atoms with Crippen LogP contribution >= 0.6 is 0 Å². The number of rotatable bonds is 3. The molecule has 3 aromatic carbocycles. The van der Waals surface area contributed by atoms with Gasteiger partial charge in [0.15, 0.2) is 0 Å². The van der Waals surface area contributed by atoms with Crippen molar-refractivity contribution in [1.29, 1.82) is 0 Å². The van der Waals surface area contributed by atoms with Gasteiger partial charge in [-0.2, -0.15) is 0 Å². The summed E-state index contributed by atoms with van der Waals surface area (Å²) in [6, 6.07) is 20.7. The van der Waals surface area contributed by atoms with Crippen molar-refractivity contribution in [3.8, 4) is 16.9 Å². The Balaban J connectivity index is 1.43. The number of aromatic nitrogens is 2. The predicted molar refractivity (Wildman–Crippen MR) is 135 cm³/mol. The molecule has 0 radical (unpaired) electrons. The SMILES string of the molecule is Cc1nc2ccc(-c3cc(C)c4c(c3)CN(C(=O)N(C)[C@H](C)c3ccccc3)CCO4)cc2[nH]1. The van der Waals surface area contributed by atoms with Crippen LogP contribution in [0.1, 0.15) is 35.5 Å². The van der Waals surface area contributed by atoms with Crippen molar-refractivity contribution in [2.45, 2.75) is 33.4 Å². The lowest BCUT2D eigenvalue weighted by Crippen LogP contribution is -2.42. The Hall–Kier alpha value is -3.80. The first-order valence-corrected chi connectivity index (χ1v) is 11.7. The van der Waals surface area contributed by atoms with Crippen molar-refractivity contribution >= 4 is 17.1 Å². The highest BCUT2D eigenvalue weighted by atomic mass is 16.5. The number of H-pyrrole nitrogens is 1. The van der Waals surface area contributed by atoms with Gasteiger partial charge in [0.2, 0.25) is 0 Å². The van der Waals surface area contributed by atoms with E-state index in [1.165, 1.54) is 0 Å². The van der Waals surface area contributed by atoms with Crippen LogP contribution in [0.25, 0.3) is 22.2 Å². The van der Waals surface area contributed by atoms with Crippen LogP contribution < -0.4 is 4.74 Å². The molecule has 2 heterocycles. The second-order valence-electron chi connectivity index (χ2n) is 9.09. The molecule has 2 amide bonds. The highest BCUT2D eigenvalue weighted by Gasteiger charge is 2.26.